The van der Waals surface area contributed by atoms with Gasteiger partial charge >= 0.3 is 0 Å². The van der Waals surface area contributed by atoms with E-state index in [1.54, 1.807) is 0 Å². The summed E-state index contributed by atoms with van der Waals surface area (Å²) in [7, 11) is 0. The summed E-state index contributed by atoms with van der Waals surface area (Å²) < 4.78 is 4.94. The second-order valence-corrected chi connectivity index (χ2v) is 18.2. The molecule has 0 aliphatic heterocycles. The standard InChI is InChI=1S/C57H35N3/c1-57(2,3)42-28-49-44-21-33-9-5-7-11-35(33)25-52(44)60-54-27-39-15-13-37(19-41(39)23-46(54)50(29-42)56(49)60)36-12-14-38-26-53-45(22-40(38)18-36)48-17-31(30-58)16-47-43-20-32-8-4-6-10-34(32)24-51(43)59(53)55(47)48/h4-29H,1-3H3. The topological polar surface area (TPSA) is 32.6 Å². The second kappa shape index (κ2) is 10.9. The van der Waals surface area contributed by atoms with Gasteiger partial charge in [-0.2, -0.15) is 5.26 Å². The zero-order valence-corrected chi connectivity index (χ0v) is 33.4. The van der Waals surface area contributed by atoms with Crippen molar-refractivity contribution < 1.29 is 0 Å². The van der Waals surface area contributed by atoms with E-state index in [4.69, 9.17) is 0 Å². The molecule has 0 spiro atoms. The van der Waals surface area contributed by atoms with Gasteiger partial charge in [-0.3, -0.25) is 0 Å². The van der Waals surface area contributed by atoms with Crippen molar-refractivity contribution in [3.8, 4) is 17.2 Å². The van der Waals surface area contributed by atoms with Gasteiger partial charge in [-0.05, 0) is 150 Å². The van der Waals surface area contributed by atoms with Crippen molar-refractivity contribution >= 4 is 119 Å². The van der Waals surface area contributed by atoms with E-state index < -0.39 is 0 Å². The predicted molar refractivity (Wildman–Crippen MR) is 255 cm³/mol. The number of nitrogens with zero attached hydrogens (tertiary/aromatic N) is 3. The molecule has 278 valence electrons. The highest BCUT2D eigenvalue weighted by atomic mass is 14.9. The van der Waals surface area contributed by atoms with Gasteiger partial charge in [-0.15, -0.1) is 0 Å². The molecule has 4 aromatic heterocycles. The molecule has 14 rings (SSSR count). The van der Waals surface area contributed by atoms with E-state index in [1.807, 2.05) is 0 Å². The molecule has 3 nitrogen and oxygen atoms in total. The molecule has 14 aromatic rings. The molecule has 0 bridgehead atoms. The molecule has 0 saturated carbocycles. The smallest absolute Gasteiger partial charge is 0.0992 e. The van der Waals surface area contributed by atoms with Crippen LogP contribution in [-0.2, 0) is 5.41 Å². The summed E-state index contributed by atoms with van der Waals surface area (Å²) in [6, 6.07) is 61.5. The summed E-state index contributed by atoms with van der Waals surface area (Å²) in [5.74, 6) is 0. The molecular weight excluding hydrogens is 727 g/mol. The molecule has 0 radical (unpaired) electrons. The minimum Gasteiger partial charge on any atom is -0.308 e. The molecule has 0 aliphatic carbocycles. The number of aromatic nitrogens is 2. The predicted octanol–water partition coefficient (Wildman–Crippen LogP) is 15.4. The van der Waals surface area contributed by atoms with Crippen molar-refractivity contribution in [2.24, 2.45) is 0 Å². The van der Waals surface area contributed by atoms with Crippen molar-refractivity contribution in [1.29, 1.82) is 5.26 Å². The summed E-state index contributed by atoms with van der Waals surface area (Å²) in [6.45, 7) is 6.96. The third-order valence-electron chi connectivity index (χ3n) is 13.8. The maximum atomic E-state index is 10.2. The Labute approximate surface area is 344 Å². The van der Waals surface area contributed by atoms with Crippen LogP contribution in [0, 0.1) is 11.3 Å². The van der Waals surface area contributed by atoms with E-state index in [0.717, 1.165) is 10.8 Å². The molecule has 4 heterocycles. The maximum absolute atomic E-state index is 10.2. The van der Waals surface area contributed by atoms with Crippen LogP contribution < -0.4 is 0 Å². The molecule has 0 amide bonds. The van der Waals surface area contributed by atoms with Gasteiger partial charge in [-0.25, -0.2) is 0 Å². The van der Waals surface area contributed by atoms with Gasteiger partial charge in [0, 0.05) is 43.1 Å². The van der Waals surface area contributed by atoms with E-state index in [2.05, 4.69) is 193 Å². The number of hydrogen-bond donors (Lipinski definition) is 0. The fourth-order valence-corrected chi connectivity index (χ4v) is 10.8. The van der Waals surface area contributed by atoms with Crippen molar-refractivity contribution in [3.05, 3.63) is 169 Å². The Kier molecular flexibility index (Phi) is 5.86. The molecule has 0 saturated heterocycles. The largest absolute Gasteiger partial charge is 0.308 e. The van der Waals surface area contributed by atoms with E-state index in [9.17, 15) is 5.26 Å². The lowest BCUT2D eigenvalue weighted by molar-refractivity contribution is 0.592. The minimum atomic E-state index is 0.00987. The number of nitriles is 1. The Balaban J connectivity index is 0.974. The summed E-state index contributed by atoms with van der Waals surface area (Å²) in [6.07, 6.45) is 0. The van der Waals surface area contributed by atoms with Gasteiger partial charge in [0.05, 0.1) is 44.7 Å². The highest BCUT2D eigenvalue weighted by molar-refractivity contribution is 6.28. The number of rotatable bonds is 1. The fraction of sp³-hybridized carbons (Fsp3) is 0.0702. The summed E-state index contributed by atoms with van der Waals surface area (Å²) in [5.41, 5.74) is 11.8. The van der Waals surface area contributed by atoms with Crippen LogP contribution in [-0.4, -0.2) is 8.80 Å². The van der Waals surface area contributed by atoms with Crippen LogP contribution in [0.1, 0.15) is 31.9 Å². The lowest BCUT2D eigenvalue weighted by Gasteiger charge is -2.19. The first-order chi connectivity index (χ1) is 29.3. The molecule has 60 heavy (non-hydrogen) atoms. The van der Waals surface area contributed by atoms with Gasteiger partial charge < -0.3 is 8.80 Å². The van der Waals surface area contributed by atoms with Crippen molar-refractivity contribution in [2.45, 2.75) is 26.2 Å². The van der Waals surface area contributed by atoms with Crippen LogP contribution in [0.2, 0.25) is 0 Å². The van der Waals surface area contributed by atoms with E-state index in [-0.39, 0.29) is 5.41 Å². The zero-order valence-electron chi connectivity index (χ0n) is 33.4. The number of benzene rings is 10. The SMILES string of the molecule is CC(C)(C)c1cc2c3cc4ccccc4cc3n3c4cc5ccc(-c6ccc7cc8c(cc7c6)c6cc(C#N)cc7c9cc%10ccccc%10cc9n8c76)cc5cc4c(c1)c23. The number of hydrogen-bond acceptors (Lipinski definition) is 1. The quantitative estimate of drug-likeness (QED) is 0.164. The van der Waals surface area contributed by atoms with Crippen LogP contribution in [0.25, 0.3) is 130 Å². The maximum Gasteiger partial charge on any atom is 0.0992 e. The molecule has 0 unspecified atom stereocenters. The van der Waals surface area contributed by atoms with Crippen LogP contribution in [0.5, 0.6) is 0 Å². The molecule has 0 fully saturated rings. The highest BCUT2D eigenvalue weighted by Crippen LogP contribution is 2.46. The molecule has 0 atom stereocenters. The minimum absolute atomic E-state index is 0.00987. The third-order valence-corrected chi connectivity index (χ3v) is 13.8. The van der Waals surface area contributed by atoms with Gasteiger partial charge in [0.15, 0.2) is 0 Å². The van der Waals surface area contributed by atoms with Crippen molar-refractivity contribution in [3.63, 3.8) is 0 Å². The molecule has 10 aromatic carbocycles. The lowest BCUT2D eigenvalue weighted by atomic mass is 9.85. The average Bonchev–Trinajstić information content (AvgIpc) is 3.97. The van der Waals surface area contributed by atoms with Gasteiger partial charge in [-0.1, -0.05) is 93.6 Å². The average molecular weight is 762 g/mol. The van der Waals surface area contributed by atoms with Crippen LogP contribution in [0.15, 0.2) is 158 Å². The first kappa shape index (κ1) is 32.3. The fourth-order valence-electron chi connectivity index (χ4n) is 10.8. The Morgan fingerprint density at radius 3 is 1.10 bits per heavy atom. The summed E-state index contributed by atoms with van der Waals surface area (Å²) >= 11 is 0. The Morgan fingerprint density at radius 1 is 0.367 bits per heavy atom. The van der Waals surface area contributed by atoms with Crippen LogP contribution in [0.3, 0.4) is 0 Å². The Hall–Kier alpha value is -7.67. The van der Waals surface area contributed by atoms with Crippen molar-refractivity contribution in [2.75, 3.05) is 0 Å². The first-order valence-corrected chi connectivity index (χ1v) is 20.9. The normalized spacial score (nSPS) is 12.9. The van der Waals surface area contributed by atoms with Crippen molar-refractivity contribution in [1.82, 2.24) is 8.80 Å². The van der Waals surface area contributed by atoms with E-state index in [0.29, 0.717) is 5.56 Å². The molecular formula is C57H35N3. The Bertz CT molecular complexity index is 4280. The molecule has 0 aliphatic rings. The summed E-state index contributed by atoms with van der Waals surface area (Å²) in [4.78, 5) is 0. The highest BCUT2D eigenvalue weighted by Gasteiger charge is 2.24. The van der Waals surface area contributed by atoms with E-state index >= 15 is 0 Å². The second-order valence-electron chi connectivity index (χ2n) is 18.2. The van der Waals surface area contributed by atoms with Gasteiger partial charge in [0.1, 0.15) is 0 Å². The summed E-state index contributed by atoms with van der Waals surface area (Å²) in [5, 5.41) is 29.9. The van der Waals surface area contributed by atoms with E-state index in [1.165, 1.54) is 125 Å². The van der Waals surface area contributed by atoms with Crippen LogP contribution >= 0.6 is 0 Å². The number of fused-ring (bicyclic) bond motifs is 16. The van der Waals surface area contributed by atoms with Crippen LogP contribution in [0.4, 0.5) is 0 Å². The monoisotopic (exact) mass is 761 g/mol. The zero-order chi connectivity index (χ0) is 39.8. The first-order valence-electron chi connectivity index (χ1n) is 20.9. The Morgan fingerprint density at radius 2 is 0.717 bits per heavy atom. The molecule has 3 heteroatoms. The van der Waals surface area contributed by atoms with Gasteiger partial charge in [0.2, 0.25) is 0 Å². The lowest BCUT2D eigenvalue weighted by Crippen LogP contribution is -2.10. The third kappa shape index (κ3) is 4.12. The molecule has 0 N–H and O–H groups in total. The van der Waals surface area contributed by atoms with Gasteiger partial charge in [0.25, 0.3) is 0 Å².